The second kappa shape index (κ2) is 4.84. The van der Waals surface area contributed by atoms with Crippen LogP contribution in [0.4, 0.5) is 10.1 Å². The van der Waals surface area contributed by atoms with Crippen molar-refractivity contribution < 1.29 is 9.18 Å². The average Bonchev–Trinajstić information content (AvgIpc) is 2.57. The molecule has 0 bridgehead atoms. The number of anilines is 1. The summed E-state index contributed by atoms with van der Waals surface area (Å²) in [6.45, 7) is 5.38. The number of rotatable bonds is 2. The lowest BCUT2D eigenvalue weighted by Gasteiger charge is -2.08. The minimum absolute atomic E-state index is 0.224. The molecule has 0 aliphatic carbocycles. The Kier molecular flexibility index (Phi) is 3.38. The van der Waals surface area contributed by atoms with Crippen molar-refractivity contribution in [2.24, 2.45) is 7.05 Å². The van der Waals surface area contributed by atoms with Gasteiger partial charge in [-0.05, 0) is 44.5 Å². The van der Waals surface area contributed by atoms with Gasteiger partial charge in [0.05, 0.1) is 11.3 Å². The predicted octanol–water partition coefficient (Wildman–Crippen LogP) is 2.74. The number of halogens is 1. The highest BCUT2D eigenvalue weighted by atomic mass is 19.1. The van der Waals surface area contributed by atoms with Crippen LogP contribution in [-0.2, 0) is 7.05 Å². The summed E-state index contributed by atoms with van der Waals surface area (Å²) in [5.74, 6) is -0.540. The molecule has 1 aromatic heterocycles. The summed E-state index contributed by atoms with van der Waals surface area (Å²) in [5, 5.41) is 7.00. The molecule has 5 heteroatoms. The average molecular weight is 261 g/mol. The highest BCUT2D eigenvalue weighted by Gasteiger charge is 2.17. The summed E-state index contributed by atoms with van der Waals surface area (Å²) in [4.78, 5) is 12.2. The molecule has 1 amide bonds. The van der Waals surface area contributed by atoms with E-state index in [2.05, 4.69) is 10.4 Å². The van der Waals surface area contributed by atoms with E-state index in [9.17, 15) is 9.18 Å². The Bertz CT molecular complexity index is 646. The Balaban J connectivity index is 2.31. The molecule has 0 unspecified atom stereocenters. The first-order valence-electron chi connectivity index (χ1n) is 5.98. The van der Waals surface area contributed by atoms with Crippen molar-refractivity contribution in [1.82, 2.24) is 9.78 Å². The highest BCUT2D eigenvalue weighted by Crippen LogP contribution is 2.19. The molecule has 0 fully saturated rings. The molecule has 4 nitrogen and oxygen atoms in total. The van der Waals surface area contributed by atoms with Gasteiger partial charge in [-0.1, -0.05) is 0 Å². The molecule has 1 aromatic carbocycles. The number of benzene rings is 1. The normalized spacial score (nSPS) is 10.6. The fourth-order valence-electron chi connectivity index (χ4n) is 2.05. The van der Waals surface area contributed by atoms with Crippen LogP contribution in [0.1, 0.15) is 27.3 Å². The van der Waals surface area contributed by atoms with Gasteiger partial charge in [0.1, 0.15) is 5.82 Å². The number of hydrogen-bond donors (Lipinski definition) is 1. The van der Waals surface area contributed by atoms with Gasteiger partial charge in [0.25, 0.3) is 5.91 Å². The number of hydrogen-bond acceptors (Lipinski definition) is 2. The highest BCUT2D eigenvalue weighted by molar-refractivity contribution is 6.06. The van der Waals surface area contributed by atoms with E-state index in [-0.39, 0.29) is 11.7 Å². The molecule has 0 radical (unpaired) electrons. The maximum Gasteiger partial charge on any atom is 0.259 e. The number of nitrogens with zero attached hydrogens (tertiary/aromatic N) is 2. The van der Waals surface area contributed by atoms with Crippen molar-refractivity contribution >= 4 is 11.6 Å². The molecule has 1 N–H and O–H groups in total. The van der Waals surface area contributed by atoms with Crippen molar-refractivity contribution in [1.29, 1.82) is 0 Å². The van der Waals surface area contributed by atoms with Gasteiger partial charge in [0, 0.05) is 18.4 Å². The van der Waals surface area contributed by atoms with Crippen molar-refractivity contribution in [2.75, 3.05) is 5.32 Å². The minimum Gasteiger partial charge on any atom is -0.322 e. The molecule has 1 heterocycles. The molecule has 0 aliphatic rings. The molecule has 19 heavy (non-hydrogen) atoms. The van der Waals surface area contributed by atoms with E-state index in [0.717, 1.165) is 5.69 Å². The maximum absolute atomic E-state index is 13.0. The third kappa shape index (κ3) is 2.50. The largest absolute Gasteiger partial charge is 0.322 e. The lowest BCUT2D eigenvalue weighted by atomic mass is 10.1. The number of carbonyl (C=O) groups is 1. The summed E-state index contributed by atoms with van der Waals surface area (Å²) in [7, 11) is 1.79. The Morgan fingerprint density at radius 1 is 1.32 bits per heavy atom. The van der Waals surface area contributed by atoms with Crippen molar-refractivity contribution in [3.8, 4) is 0 Å². The van der Waals surface area contributed by atoms with Crippen LogP contribution in [0.2, 0.25) is 0 Å². The first-order valence-corrected chi connectivity index (χ1v) is 5.98. The molecule has 2 rings (SSSR count). The van der Waals surface area contributed by atoms with Crippen LogP contribution in [0.5, 0.6) is 0 Å². The fraction of sp³-hybridized carbons (Fsp3) is 0.286. The standard InChI is InChI=1S/C14H16FN3O/c1-8-7-11(15)5-6-12(8)16-14(19)13-9(2)17-18(4)10(13)3/h5-7H,1-4H3,(H,16,19). The van der Waals surface area contributed by atoms with Gasteiger partial charge >= 0.3 is 0 Å². The number of aromatic nitrogens is 2. The quantitative estimate of drug-likeness (QED) is 0.903. The van der Waals surface area contributed by atoms with Gasteiger partial charge in [0.2, 0.25) is 0 Å². The van der Waals surface area contributed by atoms with Crippen LogP contribution < -0.4 is 5.32 Å². The summed E-state index contributed by atoms with van der Waals surface area (Å²) < 4.78 is 14.7. The smallest absolute Gasteiger partial charge is 0.259 e. The number of aryl methyl sites for hydroxylation is 3. The van der Waals surface area contributed by atoms with Crippen LogP contribution >= 0.6 is 0 Å². The van der Waals surface area contributed by atoms with Gasteiger partial charge in [-0.2, -0.15) is 5.10 Å². The van der Waals surface area contributed by atoms with Gasteiger partial charge in [-0.15, -0.1) is 0 Å². The maximum atomic E-state index is 13.0. The number of amides is 1. The zero-order chi connectivity index (χ0) is 14.2. The van der Waals surface area contributed by atoms with Crippen LogP contribution in [0.25, 0.3) is 0 Å². The Labute approximate surface area is 111 Å². The lowest BCUT2D eigenvalue weighted by molar-refractivity contribution is 0.102. The minimum atomic E-state index is -0.316. The van der Waals surface area contributed by atoms with Gasteiger partial charge in [0.15, 0.2) is 0 Å². The molecule has 0 spiro atoms. The predicted molar refractivity (Wildman–Crippen MR) is 71.8 cm³/mol. The second-order valence-corrected chi connectivity index (χ2v) is 4.58. The summed E-state index contributed by atoms with van der Waals surface area (Å²) in [5.41, 5.74) is 3.33. The third-order valence-electron chi connectivity index (χ3n) is 3.17. The molecular formula is C14H16FN3O. The van der Waals surface area contributed by atoms with Gasteiger partial charge < -0.3 is 5.32 Å². The van der Waals surface area contributed by atoms with Crippen molar-refractivity contribution in [3.05, 3.63) is 46.5 Å². The first-order chi connectivity index (χ1) is 8.90. The van der Waals surface area contributed by atoms with Crippen molar-refractivity contribution in [2.45, 2.75) is 20.8 Å². The number of carbonyl (C=O) groups excluding carboxylic acids is 1. The van der Waals surface area contributed by atoms with E-state index in [1.165, 1.54) is 12.1 Å². The molecule has 0 saturated carbocycles. The fourth-order valence-corrected chi connectivity index (χ4v) is 2.05. The van der Waals surface area contributed by atoms with Crippen LogP contribution in [0.3, 0.4) is 0 Å². The SMILES string of the molecule is Cc1cc(F)ccc1NC(=O)c1c(C)nn(C)c1C. The van der Waals surface area contributed by atoms with E-state index in [0.29, 0.717) is 22.5 Å². The van der Waals surface area contributed by atoms with Crippen LogP contribution in [0.15, 0.2) is 18.2 Å². The Hall–Kier alpha value is -2.17. The zero-order valence-corrected chi connectivity index (χ0v) is 11.4. The topological polar surface area (TPSA) is 46.9 Å². The van der Waals surface area contributed by atoms with E-state index < -0.39 is 0 Å². The van der Waals surface area contributed by atoms with E-state index in [4.69, 9.17) is 0 Å². The Morgan fingerprint density at radius 3 is 2.53 bits per heavy atom. The second-order valence-electron chi connectivity index (χ2n) is 4.58. The third-order valence-corrected chi connectivity index (χ3v) is 3.17. The van der Waals surface area contributed by atoms with E-state index in [1.807, 2.05) is 6.92 Å². The monoisotopic (exact) mass is 261 g/mol. The summed E-state index contributed by atoms with van der Waals surface area (Å²) in [6.07, 6.45) is 0. The summed E-state index contributed by atoms with van der Waals surface area (Å²) >= 11 is 0. The zero-order valence-electron chi connectivity index (χ0n) is 11.4. The Morgan fingerprint density at radius 2 is 2.00 bits per heavy atom. The van der Waals surface area contributed by atoms with E-state index in [1.54, 1.807) is 31.6 Å². The molecule has 0 aliphatic heterocycles. The van der Waals surface area contributed by atoms with Gasteiger partial charge in [-0.3, -0.25) is 9.48 Å². The van der Waals surface area contributed by atoms with Crippen molar-refractivity contribution in [3.63, 3.8) is 0 Å². The molecule has 0 saturated heterocycles. The van der Waals surface area contributed by atoms with Crippen LogP contribution in [-0.4, -0.2) is 15.7 Å². The summed E-state index contributed by atoms with van der Waals surface area (Å²) in [6, 6.07) is 4.27. The molecule has 100 valence electrons. The lowest BCUT2D eigenvalue weighted by Crippen LogP contribution is -2.14. The number of nitrogens with one attached hydrogen (secondary N) is 1. The molecular weight excluding hydrogens is 245 g/mol. The van der Waals surface area contributed by atoms with Gasteiger partial charge in [-0.25, -0.2) is 4.39 Å². The molecule has 2 aromatic rings. The molecule has 0 atom stereocenters. The van der Waals surface area contributed by atoms with E-state index >= 15 is 0 Å². The first kappa shape index (κ1) is 13.3. The van der Waals surface area contributed by atoms with Crippen LogP contribution in [0, 0.1) is 26.6 Å².